The zero-order valence-electron chi connectivity index (χ0n) is 14.3. The monoisotopic (exact) mass is 330 g/mol. The Labute approximate surface area is 142 Å². The van der Waals surface area contributed by atoms with Gasteiger partial charge < -0.3 is 16.0 Å². The Morgan fingerprint density at radius 1 is 1.29 bits per heavy atom. The molecule has 2 amide bonds. The third kappa shape index (κ3) is 3.59. The summed E-state index contributed by atoms with van der Waals surface area (Å²) < 4.78 is 0. The Hall–Kier alpha value is -1.95. The molecule has 0 spiro atoms. The summed E-state index contributed by atoms with van der Waals surface area (Å²) in [5.74, 6) is 0.309. The van der Waals surface area contributed by atoms with Gasteiger partial charge in [0.25, 0.3) is 0 Å². The van der Waals surface area contributed by atoms with Crippen molar-refractivity contribution in [2.24, 2.45) is 11.7 Å². The van der Waals surface area contributed by atoms with Crippen LogP contribution in [-0.2, 0) is 9.59 Å². The minimum Gasteiger partial charge on any atom is -0.340 e. The van der Waals surface area contributed by atoms with E-state index in [0.717, 1.165) is 44.1 Å². The lowest BCUT2D eigenvalue weighted by Crippen LogP contribution is -2.56. The highest BCUT2D eigenvalue weighted by Gasteiger charge is 2.41. The maximum Gasteiger partial charge on any atom is 0.242 e. The largest absolute Gasteiger partial charge is 0.340 e. The topological polar surface area (TPSA) is 88.3 Å². The van der Waals surface area contributed by atoms with E-state index in [9.17, 15) is 9.59 Å². The molecule has 3 N–H and O–H groups in total. The molecule has 6 nitrogen and oxygen atoms in total. The second kappa shape index (κ2) is 6.89. The SMILES string of the molecule is Cc1ccc(NC(=O)C2CCCN(C(=O)C3(N)CCCC3)C2)nc1. The van der Waals surface area contributed by atoms with E-state index >= 15 is 0 Å². The van der Waals surface area contributed by atoms with Crippen LogP contribution < -0.4 is 11.1 Å². The van der Waals surface area contributed by atoms with E-state index in [-0.39, 0.29) is 17.7 Å². The van der Waals surface area contributed by atoms with E-state index in [1.807, 2.05) is 13.0 Å². The number of amides is 2. The standard InChI is InChI=1S/C18H26N4O2/c1-13-6-7-15(20-11-13)21-16(23)14-5-4-10-22(12-14)17(24)18(19)8-2-3-9-18/h6-7,11,14H,2-5,8-10,12,19H2,1H3,(H,20,21,23). The van der Waals surface area contributed by atoms with Crippen LogP contribution in [0.25, 0.3) is 0 Å². The van der Waals surface area contributed by atoms with Gasteiger partial charge in [-0.1, -0.05) is 18.9 Å². The van der Waals surface area contributed by atoms with Crippen LogP contribution in [-0.4, -0.2) is 40.3 Å². The van der Waals surface area contributed by atoms with Gasteiger partial charge in [0.2, 0.25) is 11.8 Å². The van der Waals surface area contributed by atoms with Gasteiger partial charge in [0.15, 0.2) is 0 Å². The fourth-order valence-corrected chi connectivity index (χ4v) is 3.68. The van der Waals surface area contributed by atoms with Crippen molar-refractivity contribution in [3.05, 3.63) is 23.9 Å². The second-order valence-corrected chi connectivity index (χ2v) is 7.16. The number of piperidine rings is 1. The predicted molar refractivity (Wildman–Crippen MR) is 92.3 cm³/mol. The number of nitrogens with zero attached hydrogens (tertiary/aromatic N) is 2. The van der Waals surface area contributed by atoms with E-state index in [0.29, 0.717) is 18.9 Å². The molecular weight excluding hydrogens is 304 g/mol. The second-order valence-electron chi connectivity index (χ2n) is 7.16. The molecule has 24 heavy (non-hydrogen) atoms. The summed E-state index contributed by atoms with van der Waals surface area (Å²) in [7, 11) is 0. The number of nitrogens with two attached hydrogens (primary N) is 1. The number of nitrogens with one attached hydrogen (secondary N) is 1. The summed E-state index contributed by atoms with van der Waals surface area (Å²) >= 11 is 0. The van der Waals surface area contributed by atoms with Gasteiger partial charge in [0.1, 0.15) is 5.82 Å². The van der Waals surface area contributed by atoms with Crippen molar-refractivity contribution in [3.8, 4) is 0 Å². The fraction of sp³-hybridized carbons (Fsp3) is 0.611. The van der Waals surface area contributed by atoms with Crippen LogP contribution in [0, 0.1) is 12.8 Å². The fourth-order valence-electron chi connectivity index (χ4n) is 3.68. The number of aryl methyl sites for hydroxylation is 1. The number of carbonyl (C=O) groups is 2. The summed E-state index contributed by atoms with van der Waals surface area (Å²) in [6, 6.07) is 3.71. The molecule has 1 unspecified atom stereocenters. The average molecular weight is 330 g/mol. The number of anilines is 1. The molecule has 2 aliphatic rings. The molecule has 1 aromatic heterocycles. The predicted octanol–water partition coefficient (Wildman–Crippen LogP) is 1.84. The number of rotatable bonds is 3. The van der Waals surface area contributed by atoms with Crippen molar-refractivity contribution in [1.29, 1.82) is 0 Å². The maximum atomic E-state index is 12.7. The Morgan fingerprint density at radius 2 is 2.04 bits per heavy atom. The Balaban J connectivity index is 1.61. The molecule has 1 atom stereocenters. The van der Waals surface area contributed by atoms with E-state index in [1.54, 1.807) is 17.2 Å². The zero-order chi connectivity index (χ0) is 17.2. The first-order chi connectivity index (χ1) is 11.5. The van der Waals surface area contributed by atoms with Crippen LogP contribution in [0.15, 0.2) is 18.3 Å². The molecule has 0 bridgehead atoms. The molecule has 1 aromatic rings. The number of aromatic nitrogens is 1. The van der Waals surface area contributed by atoms with Crippen LogP contribution >= 0.6 is 0 Å². The smallest absolute Gasteiger partial charge is 0.242 e. The van der Waals surface area contributed by atoms with Gasteiger partial charge in [-0.3, -0.25) is 9.59 Å². The first kappa shape index (κ1) is 16.9. The molecule has 0 aromatic carbocycles. The molecule has 0 radical (unpaired) electrons. The Kier molecular flexibility index (Phi) is 4.85. The quantitative estimate of drug-likeness (QED) is 0.885. The van der Waals surface area contributed by atoms with Crippen LogP contribution in [0.4, 0.5) is 5.82 Å². The lowest BCUT2D eigenvalue weighted by Gasteiger charge is -2.36. The molecule has 1 saturated heterocycles. The van der Waals surface area contributed by atoms with Crippen molar-refractivity contribution in [1.82, 2.24) is 9.88 Å². The van der Waals surface area contributed by atoms with Gasteiger partial charge in [-0.05, 0) is 44.2 Å². The Morgan fingerprint density at radius 3 is 2.71 bits per heavy atom. The van der Waals surface area contributed by atoms with Crippen LogP contribution in [0.2, 0.25) is 0 Å². The molecular formula is C18H26N4O2. The first-order valence-electron chi connectivity index (χ1n) is 8.80. The van der Waals surface area contributed by atoms with Crippen molar-refractivity contribution in [2.75, 3.05) is 18.4 Å². The number of pyridine rings is 1. The molecule has 1 aliphatic heterocycles. The minimum absolute atomic E-state index is 0.0194. The highest BCUT2D eigenvalue weighted by atomic mass is 16.2. The summed E-state index contributed by atoms with van der Waals surface area (Å²) in [5, 5.41) is 2.86. The summed E-state index contributed by atoms with van der Waals surface area (Å²) in [6.07, 6.45) is 6.89. The van der Waals surface area contributed by atoms with Crippen molar-refractivity contribution in [2.45, 2.75) is 51.0 Å². The molecule has 1 saturated carbocycles. The number of hydrogen-bond acceptors (Lipinski definition) is 4. The molecule has 2 fully saturated rings. The summed E-state index contributed by atoms with van der Waals surface area (Å²) in [6.45, 7) is 3.11. The summed E-state index contributed by atoms with van der Waals surface area (Å²) in [5.41, 5.74) is 6.63. The van der Waals surface area contributed by atoms with Gasteiger partial charge >= 0.3 is 0 Å². The molecule has 2 heterocycles. The van der Waals surface area contributed by atoms with Crippen molar-refractivity contribution < 1.29 is 9.59 Å². The number of likely N-dealkylation sites (tertiary alicyclic amines) is 1. The lowest BCUT2D eigenvalue weighted by atomic mass is 9.92. The molecule has 130 valence electrons. The minimum atomic E-state index is -0.711. The van der Waals surface area contributed by atoms with E-state index < -0.39 is 5.54 Å². The van der Waals surface area contributed by atoms with E-state index in [4.69, 9.17) is 5.73 Å². The van der Waals surface area contributed by atoms with Gasteiger partial charge in [0.05, 0.1) is 11.5 Å². The molecule has 3 rings (SSSR count). The summed E-state index contributed by atoms with van der Waals surface area (Å²) in [4.78, 5) is 31.2. The van der Waals surface area contributed by atoms with Gasteiger partial charge in [0, 0.05) is 19.3 Å². The third-order valence-electron chi connectivity index (χ3n) is 5.16. The van der Waals surface area contributed by atoms with Crippen LogP contribution in [0.3, 0.4) is 0 Å². The molecule has 1 aliphatic carbocycles. The normalized spacial score (nSPS) is 23.1. The van der Waals surface area contributed by atoms with Crippen LogP contribution in [0.5, 0.6) is 0 Å². The van der Waals surface area contributed by atoms with Gasteiger partial charge in [-0.25, -0.2) is 4.98 Å². The van der Waals surface area contributed by atoms with Gasteiger partial charge in [-0.2, -0.15) is 0 Å². The molecule has 6 heteroatoms. The number of carbonyl (C=O) groups excluding carboxylic acids is 2. The third-order valence-corrected chi connectivity index (χ3v) is 5.16. The Bertz CT molecular complexity index is 608. The van der Waals surface area contributed by atoms with Crippen LogP contribution in [0.1, 0.15) is 44.1 Å². The van der Waals surface area contributed by atoms with Crippen molar-refractivity contribution >= 4 is 17.6 Å². The number of hydrogen-bond donors (Lipinski definition) is 2. The van der Waals surface area contributed by atoms with Crippen molar-refractivity contribution in [3.63, 3.8) is 0 Å². The van der Waals surface area contributed by atoms with Gasteiger partial charge in [-0.15, -0.1) is 0 Å². The highest BCUT2D eigenvalue weighted by molar-refractivity contribution is 5.93. The first-order valence-corrected chi connectivity index (χ1v) is 8.80. The van der Waals surface area contributed by atoms with E-state index in [2.05, 4.69) is 10.3 Å². The highest BCUT2D eigenvalue weighted by Crippen LogP contribution is 2.30. The zero-order valence-corrected chi connectivity index (χ0v) is 14.3. The van der Waals surface area contributed by atoms with E-state index in [1.165, 1.54) is 0 Å². The maximum absolute atomic E-state index is 12.7. The lowest BCUT2D eigenvalue weighted by molar-refractivity contribution is -0.139. The average Bonchev–Trinajstić information content (AvgIpc) is 3.04.